The maximum absolute atomic E-state index is 11.6. The number of allylic oxidation sites excluding steroid dienone is 3. The molecule has 5 rings (SSSR count). The van der Waals surface area contributed by atoms with E-state index in [0.717, 1.165) is 73.9 Å². The first-order chi connectivity index (χ1) is 23.9. The van der Waals surface area contributed by atoms with E-state index in [1.165, 1.54) is 60.0 Å². The van der Waals surface area contributed by atoms with Crippen LogP contribution in [0.3, 0.4) is 0 Å². The summed E-state index contributed by atoms with van der Waals surface area (Å²) in [4.78, 5) is 0. The number of hydrogen-bond acceptors (Lipinski definition) is 0. The first kappa shape index (κ1) is 38.0. The molecule has 3 heteroatoms. The fraction of sp³-hybridized carbons (Fsp3) is 0.348. The van der Waals surface area contributed by atoms with Gasteiger partial charge < -0.3 is 5.53 Å². The minimum absolute atomic E-state index is 0.968. The average molecular weight is 696 g/mol. The molecule has 0 aromatic heterocycles. The molecule has 0 aliphatic carbocycles. The van der Waals surface area contributed by atoms with Gasteiger partial charge in [-0.2, -0.15) is 0 Å². The molecule has 4 aromatic rings. The van der Waals surface area contributed by atoms with Crippen molar-refractivity contribution >= 4 is 26.5 Å². The van der Waals surface area contributed by atoms with Gasteiger partial charge in [-0.05, 0) is 80.3 Å². The molecule has 0 atom stereocenters. The molecule has 0 N–H and O–H groups in total. The minimum atomic E-state index is 0.968. The van der Waals surface area contributed by atoms with E-state index in [-0.39, 0.29) is 0 Å². The SMILES string of the molecule is CCC=Cc1ccc(C2=C(CCCC)C(CCCC)=C(c3ccc(CCCC)cc3)[N+]2=[N-])cc1.Cc1cc[c]([Ni][c]2ccc(C)cc2)cc1. The van der Waals surface area contributed by atoms with Crippen molar-refractivity contribution < 1.29 is 19.1 Å². The first-order valence-electron chi connectivity index (χ1n) is 18.4. The normalized spacial score (nSPS) is 13.1. The second-order valence-electron chi connectivity index (χ2n) is 13.0. The summed E-state index contributed by atoms with van der Waals surface area (Å²) in [6.45, 7) is 13.1. The third-order valence-corrected chi connectivity index (χ3v) is 10.1. The van der Waals surface area contributed by atoms with Crippen LogP contribution in [-0.2, 0) is 20.9 Å². The molecule has 0 amide bonds. The van der Waals surface area contributed by atoms with Crippen LogP contribution in [0.2, 0.25) is 0 Å². The molecule has 0 saturated heterocycles. The van der Waals surface area contributed by atoms with Gasteiger partial charge in [-0.1, -0.05) is 83.4 Å². The number of unbranched alkanes of at least 4 members (excludes halogenated alkanes) is 3. The number of hydrogen-bond donors (Lipinski definition) is 0. The van der Waals surface area contributed by atoms with E-state index in [0.29, 0.717) is 0 Å². The van der Waals surface area contributed by atoms with Crippen LogP contribution < -0.4 is 9.07 Å². The van der Waals surface area contributed by atoms with E-state index in [9.17, 15) is 5.53 Å². The van der Waals surface area contributed by atoms with Crippen molar-refractivity contribution in [2.24, 2.45) is 0 Å². The van der Waals surface area contributed by atoms with Crippen molar-refractivity contribution in [3.05, 3.63) is 153 Å². The molecule has 0 spiro atoms. The van der Waals surface area contributed by atoms with Crippen LogP contribution in [0.5, 0.6) is 0 Å². The van der Waals surface area contributed by atoms with Gasteiger partial charge in [0.1, 0.15) is 0 Å². The van der Waals surface area contributed by atoms with E-state index in [4.69, 9.17) is 0 Å². The Kier molecular flexibility index (Phi) is 15.5. The van der Waals surface area contributed by atoms with Crippen LogP contribution in [-0.4, -0.2) is 4.70 Å². The summed E-state index contributed by atoms with van der Waals surface area (Å²) >= 11 is 1.61. The summed E-state index contributed by atoms with van der Waals surface area (Å²) in [6, 6.07) is 34.8. The van der Waals surface area contributed by atoms with Crippen LogP contribution >= 0.6 is 0 Å². The summed E-state index contributed by atoms with van der Waals surface area (Å²) in [5.41, 5.74) is 23.6. The van der Waals surface area contributed by atoms with Gasteiger partial charge in [-0.15, -0.1) is 0 Å². The summed E-state index contributed by atoms with van der Waals surface area (Å²) in [6.07, 6.45) is 15.5. The zero-order chi connectivity index (χ0) is 35.0. The van der Waals surface area contributed by atoms with E-state index >= 15 is 0 Å². The van der Waals surface area contributed by atoms with Crippen LogP contribution in [0.1, 0.15) is 119 Å². The fourth-order valence-electron chi connectivity index (χ4n) is 5.96. The van der Waals surface area contributed by atoms with Crippen molar-refractivity contribution in [2.45, 2.75) is 106 Å². The number of rotatable bonds is 15. The van der Waals surface area contributed by atoms with Crippen molar-refractivity contribution in [3.63, 3.8) is 0 Å². The number of benzene rings is 4. The Bertz CT molecular complexity index is 1660. The van der Waals surface area contributed by atoms with E-state index < -0.39 is 0 Å². The zero-order valence-electron chi connectivity index (χ0n) is 30.7. The van der Waals surface area contributed by atoms with Crippen LogP contribution in [0.25, 0.3) is 23.0 Å². The molecular weight excluding hydrogens is 639 g/mol. The summed E-state index contributed by atoms with van der Waals surface area (Å²) < 4.78 is 4.13. The van der Waals surface area contributed by atoms with Crippen molar-refractivity contribution in [3.8, 4) is 0 Å². The van der Waals surface area contributed by atoms with Gasteiger partial charge in [0.2, 0.25) is 11.4 Å². The van der Waals surface area contributed by atoms with Gasteiger partial charge in [0, 0.05) is 22.3 Å². The summed E-state index contributed by atoms with van der Waals surface area (Å²) in [7, 11) is 0. The summed E-state index contributed by atoms with van der Waals surface area (Å²) in [5.74, 6) is 0. The molecule has 1 heterocycles. The Morgan fingerprint density at radius 2 is 0.980 bits per heavy atom. The predicted molar refractivity (Wildman–Crippen MR) is 209 cm³/mol. The van der Waals surface area contributed by atoms with Gasteiger partial charge in [0.05, 0.1) is 0 Å². The molecule has 2 nitrogen and oxygen atoms in total. The standard InChI is InChI=1S/C32H42N2.2C7H7.Ni/c1-5-9-13-25-17-21-27(22-18-25)31-29(15-11-7-3)30(16-12-8-4)32(34(31)33)28-23-19-26(20-24-28)14-10-6-2;2*1-7-5-3-2-4-6-7;/h9,13,17-24H,5-8,10-12,14-16H2,1-4H3;2*3-6H,1H3;. The molecule has 0 radical (unpaired) electrons. The van der Waals surface area contributed by atoms with Gasteiger partial charge in [0.25, 0.3) is 0 Å². The third kappa shape index (κ3) is 11.1. The molecular formula is C46H56N2Ni. The molecule has 4 aromatic carbocycles. The van der Waals surface area contributed by atoms with E-state index in [1.54, 1.807) is 14.4 Å². The molecule has 49 heavy (non-hydrogen) atoms. The topological polar surface area (TPSA) is 25.3 Å². The summed E-state index contributed by atoms with van der Waals surface area (Å²) in [5, 5.41) is 0. The van der Waals surface area contributed by atoms with Crippen molar-refractivity contribution in [1.82, 2.24) is 0 Å². The molecule has 0 fully saturated rings. The maximum atomic E-state index is 11.6. The van der Waals surface area contributed by atoms with E-state index in [1.807, 2.05) is 0 Å². The van der Waals surface area contributed by atoms with Gasteiger partial charge in [-0.25, -0.2) is 4.70 Å². The molecule has 1 aliphatic heterocycles. The Labute approximate surface area is 303 Å². The number of aryl methyl sites for hydroxylation is 3. The Hall–Kier alpha value is -3.81. The van der Waals surface area contributed by atoms with Crippen molar-refractivity contribution in [2.75, 3.05) is 0 Å². The predicted octanol–water partition coefficient (Wildman–Crippen LogP) is 12.3. The first-order valence-corrected chi connectivity index (χ1v) is 19.4. The van der Waals surface area contributed by atoms with Gasteiger partial charge >= 0.3 is 97.0 Å². The van der Waals surface area contributed by atoms with Crippen molar-refractivity contribution in [1.29, 1.82) is 0 Å². The second-order valence-corrected chi connectivity index (χ2v) is 14.4. The van der Waals surface area contributed by atoms with Crippen LogP contribution in [0, 0.1) is 13.8 Å². The molecule has 0 saturated carbocycles. The quantitative estimate of drug-likeness (QED) is 0.0874. The zero-order valence-corrected chi connectivity index (χ0v) is 31.7. The Morgan fingerprint density at radius 3 is 1.41 bits per heavy atom. The van der Waals surface area contributed by atoms with Crippen LogP contribution in [0.15, 0.2) is 114 Å². The fourth-order valence-corrected chi connectivity index (χ4v) is 6.95. The molecule has 0 bridgehead atoms. The second kappa shape index (κ2) is 20.0. The van der Waals surface area contributed by atoms with Gasteiger partial charge in [-0.3, -0.25) is 0 Å². The average Bonchev–Trinajstić information content (AvgIpc) is 3.40. The molecule has 260 valence electrons. The Balaban J connectivity index is 0.000000299. The molecule has 1 aliphatic rings. The van der Waals surface area contributed by atoms with Gasteiger partial charge in [0.15, 0.2) is 0 Å². The molecule has 0 unspecified atom stereocenters. The number of nitrogens with zero attached hydrogens (tertiary/aromatic N) is 2. The van der Waals surface area contributed by atoms with Crippen LogP contribution in [0.4, 0.5) is 0 Å². The Morgan fingerprint density at radius 1 is 0.551 bits per heavy atom. The van der Waals surface area contributed by atoms with E-state index in [2.05, 4.69) is 151 Å². The third-order valence-electron chi connectivity index (χ3n) is 8.86. The monoisotopic (exact) mass is 694 g/mol.